The second kappa shape index (κ2) is 7.36. The fraction of sp³-hybridized carbons (Fsp3) is 0.889. The largest absolute Gasteiger partial charge is 0.0850 e. The highest BCUT2D eigenvalue weighted by atomic mass is 14.3. The zero-order valence-electron chi connectivity index (χ0n) is 12.6. The van der Waals surface area contributed by atoms with Crippen LogP contribution in [0.4, 0.5) is 0 Å². The molecule has 0 aromatic heterocycles. The Morgan fingerprint density at radius 3 is 2.28 bits per heavy atom. The Hall–Kier alpha value is -0.260. The highest BCUT2D eigenvalue weighted by molar-refractivity contribution is 5.07. The first kappa shape index (κ1) is 14.2. The van der Waals surface area contributed by atoms with Crippen LogP contribution < -0.4 is 0 Å². The van der Waals surface area contributed by atoms with Crippen molar-refractivity contribution in [2.75, 3.05) is 0 Å². The van der Waals surface area contributed by atoms with Crippen LogP contribution in [-0.4, -0.2) is 0 Å². The second-order valence-corrected chi connectivity index (χ2v) is 6.72. The van der Waals surface area contributed by atoms with Crippen LogP contribution in [0.15, 0.2) is 11.6 Å². The second-order valence-electron chi connectivity index (χ2n) is 6.72. The van der Waals surface area contributed by atoms with Gasteiger partial charge in [-0.25, -0.2) is 0 Å². The van der Waals surface area contributed by atoms with E-state index in [2.05, 4.69) is 19.9 Å². The van der Waals surface area contributed by atoms with Gasteiger partial charge in [0.05, 0.1) is 0 Å². The molecular weight excluding hydrogens is 216 g/mol. The molecule has 104 valence electrons. The summed E-state index contributed by atoms with van der Waals surface area (Å²) in [4.78, 5) is 0. The van der Waals surface area contributed by atoms with Gasteiger partial charge < -0.3 is 0 Å². The van der Waals surface area contributed by atoms with E-state index in [-0.39, 0.29) is 0 Å². The minimum Gasteiger partial charge on any atom is -0.0850 e. The lowest BCUT2D eigenvalue weighted by molar-refractivity contribution is 0.186. The van der Waals surface area contributed by atoms with Crippen LogP contribution in [0.3, 0.4) is 0 Å². The van der Waals surface area contributed by atoms with E-state index in [9.17, 15) is 0 Å². The molecule has 2 rings (SSSR count). The topological polar surface area (TPSA) is 0 Å². The zero-order valence-corrected chi connectivity index (χ0v) is 12.6. The summed E-state index contributed by atoms with van der Waals surface area (Å²) in [5, 5.41) is 0. The first-order chi connectivity index (χ1) is 8.83. The van der Waals surface area contributed by atoms with Gasteiger partial charge in [-0.15, -0.1) is 0 Å². The molecule has 0 aromatic rings. The number of hydrogen-bond acceptors (Lipinski definition) is 0. The Balaban J connectivity index is 1.74. The normalized spacial score (nSPS) is 33.2. The summed E-state index contributed by atoms with van der Waals surface area (Å²) in [7, 11) is 0. The Kier molecular flexibility index (Phi) is 5.79. The molecule has 1 atom stereocenters. The van der Waals surface area contributed by atoms with Gasteiger partial charge >= 0.3 is 0 Å². The van der Waals surface area contributed by atoms with Crippen LogP contribution in [0.25, 0.3) is 0 Å². The highest BCUT2D eigenvalue weighted by Gasteiger charge is 2.27. The maximum atomic E-state index is 2.59. The predicted molar refractivity (Wildman–Crippen MR) is 80.7 cm³/mol. The quantitative estimate of drug-likeness (QED) is 0.514. The molecule has 1 fully saturated rings. The number of hydrogen-bond donors (Lipinski definition) is 0. The van der Waals surface area contributed by atoms with Crippen LogP contribution in [0.1, 0.15) is 84.5 Å². The van der Waals surface area contributed by atoms with Crippen molar-refractivity contribution >= 4 is 0 Å². The van der Waals surface area contributed by atoms with Gasteiger partial charge in [-0.1, -0.05) is 57.6 Å². The maximum Gasteiger partial charge on any atom is -0.0317 e. The van der Waals surface area contributed by atoms with Gasteiger partial charge in [0.25, 0.3) is 0 Å². The van der Waals surface area contributed by atoms with Crippen molar-refractivity contribution in [3.05, 3.63) is 11.6 Å². The molecule has 0 aromatic carbocycles. The summed E-state index contributed by atoms with van der Waals surface area (Å²) in [5.74, 6) is 3.17. The highest BCUT2D eigenvalue weighted by Crippen LogP contribution is 2.40. The first-order valence-electron chi connectivity index (χ1n) is 8.51. The van der Waals surface area contributed by atoms with Crippen molar-refractivity contribution in [2.45, 2.75) is 84.5 Å². The SMILES string of the molecule is CCCC1=CCC([C@H]2CC[C@H](CCC)CC2)CC1. The van der Waals surface area contributed by atoms with Crippen molar-refractivity contribution in [1.82, 2.24) is 0 Å². The number of rotatable bonds is 5. The van der Waals surface area contributed by atoms with Crippen LogP contribution in [0.5, 0.6) is 0 Å². The molecule has 0 saturated heterocycles. The van der Waals surface area contributed by atoms with Gasteiger partial charge in [-0.3, -0.25) is 0 Å². The average Bonchev–Trinajstić information content (AvgIpc) is 2.41. The Labute approximate surface area is 114 Å². The van der Waals surface area contributed by atoms with Gasteiger partial charge in [0.2, 0.25) is 0 Å². The van der Waals surface area contributed by atoms with E-state index in [1.54, 1.807) is 5.57 Å². The van der Waals surface area contributed by atoms with Crippen molar-refractivity contribution in [2.24, 2.45) is 17.8 Å². The minimum absolute atomic E-state index is 1.04. The van der Waals surface area contributed by atoms with Gasteiger partial charge in [0.15, 0.2) is 0 Å². The van der Waals surface area contributed by atoms with Gasteiger partial charge in [-0.05, 0) is 56.3 Å². The molecule has 0 radical (unpaired) electrons. The molecule has 0 heterocycles. The fourth-order valence-electron chi connectivity index (χ4n) is 4.24. The third-order valence-electron chi connectivity index (χ3n) is 5.37. The van der Waals surface area contributed by atoms with E-state index in [1.165, 1.54) is 70.6 Å². The standard InChI is InChI=1S/C18H32/c1-3-5-15-7-11-17(12-8-15)18-13-9-16(6-4-2)10-14-18/h7,16-18H,3-6,8-14H2,1-2H3/t16-,17?,18-. The third kappa shape index (κ3) is 3.87. The molecule has 0 nitrogen and oxygen atoms in total. The molecule has 0 N–H and O–H groups in total. The monoisotopic (exact) mass is 248 g/mol. The summed E-state index contributed by atoms with van der Waals surface area (Å²) in [5.41, 5.74) is 1.76. The Bertz CT molecular complexity index is 255. The molecule has 1 saturated carbocycles. The van der Waals surface area contributed by atoms with Crippen molar-refractivity contribution < 1.29 is 0 Å². The molecule has 0 spiro atoms. The number of allylic oxidation sites excluding steroid dienone is 2. The fourth-order valence-corrected chi connectivity index (χ4v) is 4.24. The molecule has 2 aliphatic rings. The van der Waals surface area contributed by atoms with E-state index in [4.69, 9.17) is 0 Å². The lowest BCUT2D eigenvalue weighted by Gasteiger charge is -2.35. The Morgan fingerprint density at radius 2 is 1.72 bits per heavy atom. The summed E-state index contributed by atoms with van der Waals surface area (Å²) in [6, 6.07) is 0. The summed E-state index contributed by atoms with van der Waals surface area (Å²) >= 11 is 0. The van der Waals surface area contributed by atoms with E-state index < -0.39 is 0 Å². The van der Waals surface area contributed by atoms with Crippen LogP contribution in [0.2, 0.25) is 0 Å². The lowest BCUT2D eigenvalue weighted by atomic mass is 9.70. The first-order valence-corrected chi connectivity index (χ1v) is 8.51. The summed E-state index contributed by atoms with van der Waals surface area (Å²) < 4.78 is 0. The maximum absolute atomic E-state index is 2.59. The van der Waals surface area contributed by atoms with Gasteiger partial charge in [0, 0.05) is 0 Å². The summed E-state index contributed by atoms with van der Waals surface area (Å²) in [6.07, 6.45) is 18.6. The van der Waals surface area contributed by atoms with Crippen molar-refractivity contribution in [3.63, 3.8) is 0 Å². The average molecular weight is 248 g/mol. The van der Waals surface area contributed by atoms with Crippen LogP contribution >= 0.6 is 0 Å². The smallest absolute Gasteiger partial charge is 0.0317 e. The third-order valence-corrected chi connectivity index (χ3v) is 5.37. The molecule has 1 unspecified atom stereocenters. The van der Waals surface area contributed by atoms with Crippen LogP contribution in [-0.2, 0) is 0 Å². The van der Waals surface area contributed by atoms with Crippen molar-refractivity contribution in [3.8, 4) is 0 Å². The van der Waals surface area contributed by atoms with E-state index in [1.807, 2.05) is 0 Å². The van der Waals surface area contributed by atoms with Crippen LogP contribution in [0, 0.1) is 17.8 Å². The molecular formula is C18H32. The van der Waals surface area contributed by atoms with Gasteiger partial charge in [0.1, 0.15) is 0 Å². The van der Waals surface area contributed by atoms with E-state index in [0.717, 1.165) is 17.8 Å². The van der Waals surface area contributed by atoms with E-state index in [0.29, 0.717) is 0 Å². The summed E-state index contributed by atoms with van der Waals surface area (Å²) in [6.45, 7) is 4.65. The van der Waals surface area contributed by atoms with Crippen molar-refractivity contribution in [1.29, 1.82) is 0 Å². The molecule has 0 heteroatoms. The van der Waals surface area contributed by atoms with E-state index >= 15 is 0 Å². The molecule has 2 aliphatic carbocycles. The lowest BCUT2D eigenvalue weighted by Crippen LogP contribution is -2.23. The molecule has 0 bridgehead atoms. The Morgan fingerprint density at radius 1 is 0.944 bits per heavy atom. The molecule has 0 amide bonds. The zero-order chi connectivity index (χ0) is 12.8. The molecule has 18 heavy (non-hydrogen) atoms. The van der Waals surface area contributed by atoms with Gasteiger partial charge in [-0.2, -0.15) is 0 Å². The predicted octanol–water partition coefficient (Wildman–Crippen LogP) is 6.12. The molecule has 0 aliphatic heterocycles. The minimum atomic E-state index is 1.04.